The van der Waals surface area contributed by atoms with Crippen LogP contribution in [0, 0.1) is 11.8 Å². The van der Waals surface area contributed by atoms with Crippen molar-refractivity contribution in [2.75, 3.05) is 0 Å². The van der Waals surface area contributed by atoms with E-state index in [4.69, 9.17) is 0 Å². The minimum atomic E-state index is -0.873. The van der Waals surface area contributed by atoms with Gasteiger partial charge in [-0.2, -0.15) is 9.49 Å². The van der Waals surface area contributed by atoms with Crippen molar-refractivity contribution in [3.63, 3.8) is 0 Å². The molecule has 1 aromatic heterocycles. The van der Waals surface area contributed by atoms with Crippen LogP contribution in [0.2, 0.25) is 0 Å². The van der Waals surface area contributed by atoms with Crippen molar-refractivity contribution in [1.29, 1.82) is 0 Å². The molecule has 2 nitrogen and oxygen atoms in total. The van der Waals surface area contributed by atoms with E-state index in [2.05, 4.69) is 16.8 Å². The average Bonchev–Trinajstić information content (AvgIpc) is 2.03. The fourth-order valence-corrected chi connectivity index (χ4v) is 0.875. The normalized spacial score (nSPS) is 12.6. The van der Waals surface area contributed by atoms with Gasteiger partial charge in [0.05, 0.1) is 11.8 Å². The lowest BCUT2D eigenvalue weighted by atomic mass is 10.0. The zero-order valence-electron chi connectivity index (χ0n) is 6.59. The van der Waals surface area contributed by atoms with Gasteiger partial charge in [0.15, 0.2) is 5.82 Å². The van der Waals surface area contributed by atoms with Crippen LogP contribution in [0.15, 0.2) is 18.9 Å². The molecule has 1 aromatic rings. The molecule has 1 unspecified atom stereocenters. The summed E-state index contributed by atoms with van der Waals surface area (Å²) in [5.41, 5.74) is -0.0833. The number of allylic oxidation sites excluding steroid dienone is 1. The van der Waals surface area contributed by atoms with E-state index in [-0.39, 0.29) is 11.5 Å². The Morgan fingerprint density at radius 2 is 2.25 bits per heavy atom. The van der Waals surface area contributed by atoms with Crippen LogP contribution >= 0.6 is 0 Å². The maximum absolute atomic E-state index is 12.9. The Morgan fingerprint density at radius 1 is 1.58 bits per heavy atom. The Morgan fingerprint density at radius 3 is 2.75 bits per heavy atom. The minimum absolute atomic E-state index is 0.0833. The number of hydrogen-bond donors (Lipinski definition) is 0. The minimum Gasteiger partial charge on any atom is -0.205 e. The highest BCUT2D eigenvalue weighted by atomic mass is 19.1. The second-order valence-electron chi connectivity index (χ2n) is 2.42. The van der Waals surface area contributed by atoms with E-state index in [0.29, 0.717) is 0 Å². The smallest absolute Gasteiger partial charge is 0.205 e. The quantitative estimate of drug-likeness (QED) is 0.635. The molecule has 64 valence electrons. The highest BCUT2D eigenvalue weighted by Gasteiger charge is 2.14. The predicted molar refractivity (Wildman–Crippen MR) is 40.6 cm³/mol. The first-order chi connectivity index (χ1) is 5.66. The van der Waals surface area contributed by atoms with Crippen LogP contribution in [-0.4, -0.2) is 10.2 Å². The summed E-state index contributed by atoms with van der Waals surface area (Å²) in [7, 11) is 0. The molecule has 1 heterocycles. The Labute approximate surface area is 68.9 Å². The lowest BCUT2D eigenvalue weighted by molar-refractivity contribution is 0.499. The molecule has 0 amide bonds. The largest absolute Gasteiger partial charge is 0.239 e. The standard InChI is InChI=1S/C8H8F2N2/c1-3-5(2)7-6(9)4-11-12-8(7)10/h3-5H,1H2,2H3. The molecule has 1 rings (SSSR count). The fraction of sp³-hybridized carbons (Fsp3) is 0.250. The zero-order chi connectivity index (χ0) is 9.14. The van der Waals surface area contributed by atoms with E-state index in [1.54, 1.807) is 6.92 Å². The van der Waals surface area contributed by atoms with E-state index in [1.807, 2.05) is 0 Å². The summed E-state index contributed by atoms with van der Waals surface area (Å²) in [6, 6.07) is 0. The molecule has 4 heteroatoms. The fourth-order valence-electron chi connectivity index (χ4n) is 0.875. The van der Waals surface area contributed by atoms with E-state index in [0.717, 1.165) is 6.20 Å². The summed E-state index contributed by atoms with van der Waals surface area (Å²) in [4.78, 5) is 0. The van der Waals surface area contributed by atoms with Crippen LogP contribution in [0.3, 0.4) is 0 Å². The van der Waals surface area contributed by atoms with Gasteiger partial charge in [0.1, 0.15) is 0 Å². The maximum Gasteiger partial charge on any atom is 0.239 e. The van der Waals surface area contributed by atoms with Crippen molar-refractivity contribution in [1.82, 2.24) is 10.2 Å². The van der Waals surface area contributed by atoms with E-state index >= 15 is 0 Å². The molecule has 0 aliphatic carbocycles. The van der Waals surface area contributed by atoms with Gasteiger partial charge in [0, 0.05) is 5.92 Å². The predicted octanol–water partition coefficient (Wildman–Crippen LogP) is 2.04. The van der Waals surface area contributed by atoms with Crippen LogP contribution in [0.4, 0.5) is 8.78 Å². The number of halogens is 2. The summed E-state index contributed by atoms with van der Waals surface area (Å²) in [5, 5.41) is 6.23. The van der Waals surface area contributed by atoms with Gasteiger partial charge < -0.3 is 0 Å². The lowest BCUT2D eigenvalue weighted by Crippen LogP contribution is -2.02. The summed E-state index contributed by atoms with van der Waals surface area (Å²) < 4.78 is 25.7. The summed E-state index contributed by atoms with van der Waals surface area (Å²) in [5.74, 6) is -1.95. The van der Waals surface area contributed by atoms with Crippen molar-refractivity contribution in [3.05, 3.63) is 36.2 Å². The van der Waals surface area contributed by atoms with Crippen LogP contribution in [0.25, 0.3) is 0 Å². The first-order valence-electron chi connectivity index (χ1n) is 3.46. The molecule has 0 saturated heterocycles. The highest BCUT2D eigenvalue weighted by molar-refractivity contribution is 5.19. The van der Waals surface area contributed by atoms with Gasteiger partial charge in [-0.15, -0.1) is 11.7 Å². The summed E-state index contributed by atoms with van der Waals surface area (Å²) in [6.07, 6.45) is 2.33. The molecule has 0 aliphatic heterocycles. The second-order valence-corrected chi connectivity index (χ2v) is 2.42. The molecule has 1 atom stereocenters. The molecule has 0 aliphatic rings. The first-order valence-corrected chi connectivity index (χ1v) is 3.46. The van der Waals surface area contributed by atoms with Crippen LogP contribution < -0.4 is 0 Å². The topological polar surface area (TPSA) is 25.8 Å². The molecular weight excluding hydrogens is 162 g/mol. The van der Waals surface area contributed by atoms with E-state index < -0.39 is 11.8 Å². The molecule has 0 saturated carbocycles. The average molecular weight is 170 g/mol. The van der Waals surface area contributed by atoms with E-state index in [1.165, 1.54) is 6.08 Å². The molecule has 0 N–H and O–H groups in total. The molecule has 0 spiro atoms. The molecular formula is C8H8F2N2. The first kappa shape index (κ1) is 8.77. The molecule has 0 fully saturated rings. The zero-order valence-corrected chi connectivity index (χ0v) is 6.59. The SMILES string of the molecule is C=CC(C)c1c(F)cnnc1F. The van der Waals surface area contributed by atoms with Gasteiger partial charge in [-0.05, 0) is 0 Å². The lowest BCUT2D eigenvalue weighted by Gasteiger charge is -2.06. The van der Waals surface area contributed by atoms with Gasteiger partial charge in [-0.25, -0.2) is 4.39 Å². The number of hydrogen-bond acceptors (Lipinski definition) is 2. The molecule has 0 radical (unpaired) electrons. The summed E-state index contributed by atoms with van der Waals surface area (Å²) in [6.45, 7) is 5.07. The Kier molecular flexibility index (Phi) is 2.47. The Balaban J connectivity index is 3.20. The molecule has 0 aromatic carbocycles. The third-order valence-electron chi connectivity index (χ3n) is 1.61. The summed E-state index contributed by atoms with van der Waals surface area (Å²) >= 11 is 0. The van der Waals surface area contributed by atoms with Crippen molar-refractivity contribution < 1.29 is 8.78 Å². The van der Waals surface area contributed by atoms with E-state index in [9.17, 15) is 8.78 Å². The van der Waals surface area contributed by atoms with Crippen LogP contribution in [0.1, 0.15) is 18.4 Å². The van der Waals surface area contributed by atoms with Crippen molar-refractivity contribution >= 4 is 0 Å². The van der Waals surface area contributed by atoms with Gasteiger partial charge >= 0.3 is 0 Å². The van der Waals surface area contributed by atoms with Gasteiger partial charge in [0.25, 0.3) is 0 Å². The monoisotopic (exact) mass is 170 g/mol. The third-order valence-corrected chi connectivity index (χ3v) is 1.61. The number of rotatable bonds is 2. The number of nitrogens with zero attached hydrogens (tertiary/aromatic N) is 2. The van der Waals surface area contributed by atoms with Crippen LogP contribution in [-0.2, 0) is 0 Å². The van der Waals surface area contributed by atoms with Crippen molar-refractivity contribution in [2.45, 2.75) is 12.8 Å². The Bertz CT molecular complexity index is 279. The third kappa shape index (κ3) is 1.47. The van der Waals surface area contributed by atoms with Crippen LogP contribution in [0.5, 0.6) is 0 Å². The maximum atomic E-state index is 12.9. The Hall–Kier alpha value is -1.32. The van der Waals surface area contributed by atoms with Crippen molar-refractivity contribution in [3.8, 4) is 0 Å². The van der Waals surface area contributed by atoms with Gasteiger partial charge in [0.2, 0.25) is 5.95 Å². The van der Waals surface area contributed by atoms with Crippen molar-refractivity contribution in [2.24, 2.45) is 0 Å². The highest BCUT2D eigenvalue weighted by Crippen LogP contribution is 2.20. The van der Waals surface area contributed by atoms with Gasteiger partial charge in [-0.3, -0.25) is 0 Å². The molecule has 12 heavy (non-hydrogen) atoms. The van der Waals surface area contributed by atoms with Gasteiger partial charge in [-0.1, -0.05) is 13.0 Å². The molecule has 0 bridgehead atoms. The second kappa shape index (κ2) is 3.38. The number of aromatic nitrogens is 2.